The third-order valence-electron chi connectivity index (χ3n) is 3.48. The van der Waals surface area contributed by atoms with E-state index in [2.05, 4.69) is 26.5 Å². The summed E-state index contributed by atoms with van der Waals surface area (Å²) in [6.45, 7) is 5.61. The van der Waals surface area contributed by atoms with Crippen molar-refractivity contribution in [3.8, 4) is 0 Å². The number of rotatable bonds is 4. The van der Waals surface area contributed by atoms with Crippen molar-refractivity contribution in [1.82, 2.24) is 15.5 Å². The maximum absolute atomic E-state index is 12.0. The molecule has 21 heavy (non-hydrogen) atoms. The SMILES string of the molecule is Cc1cccc(CC(=O)NC2CN(c3nnc(C)s3)C2)c1. The molecule has 6 heteroatoms. The van der Waals surface area contributed by atoms with E-state index in [1.54, 1.807) is 11.3 Å². The quantitative estimate of drug-likeness (QED) is 0.934. The van der Waals surface area contributed by atoms with Gasteiger partial charge in [0.05, 0.1) is 12.5 Å². The van der Waals surface area contributed by atoms with Crippen LogP contribution in [0.25, 0.3) is 0 Å². The van der Waals surface area contributed by atoms with Gasteiger partial charge in [0, 0.05) is 13.1 Å². The molecule has 1 saturated heterocycles. The van der Waals surface area contributed by atoms with Crippen LogP contribution < -0.4 is 10.2 Å². The molecular formula is C15H18N4OS. The van der Waals surface area contributed by atoms with Crippen molar-refractivity contribution >= 4 is 22.4 Å². The number of benzene rings is 1. The standard InChI is InChI=1S/C15H18N4OS/c1-10-4-3-5-12(6-10)7-14(20)16-13-8-19(9-13)15-18-17-11(2)21-15/h3-6,13H,7-9H2,1-2H3,(H,16,20). The van der Waals surface area contributed by atoms with E-state index < -0.39 is 0 Å². The van der Waals surface area contributed by atoms with Gasteiger partial charge in [-0.1, -0.05) is 41.2 Å². The highest BCUT2D eigenvalue weighted by Crippen LogP contribution is 2.24. The van der Waals surface area contributed by atoms with E-state index in [0.717, 1.165) is 28.8 Å². The van der Waals surface area contributed by atoms with Gasteiger partial charge in [-0.05, 0) is 19.4 Å². The maximum atomic E-state index is 12.0. The van der Waals surface area contributed by atoms with E-state index in [0.29, 0.717) is 6.42 Å². The first-order chi connectivity index (χ1) is 10.1. The third kappa shape index (κ3) is 3.39. The molecule has 0 saturated carbocycles. The van der Waals surface area contributed by atoms with Gasteiger partial charge in [0.15, 0.2) is 0 Å². The molecule has 2 heterocycles. The molecule has 1 aliphatic rings. The van der Waals surface area contributed by atoms with E-state index in [4.69, 9.17) is 0 Å². The Hall–Kier alpha value is -1.95. The first-order valence-electron chi connectivity index (χ1n) is 7.00. The van der Waals surface area contributed by atoms with Gasteiger partial charge in [-0.3, -0.25) is 4.79 Å². The monoisotopic (exact) mass is 302 g/mol. The summed E-state index contributed by atoms with van der Waals surface area (Å²) in [5, 5.41) is 13.1. The molecule has 0 aliphatic carbocycles. The van der Waals surface area contributed by atoms with Gasteiger partial charge in [0.2, 0.25) is 11.0 Å². The Labute approximate surface area is 128 Å². The van der Waals surface area contributed by atoms with E-state index in [1.807, 2.05) is 32.0 Å². The molecule has 1 fully saturated rings. The minimum Gasteiger partial charge on any atom is -0.350 e. The zero-order chi connectivity index (χ0) is 14.8. The Morgan fingerprint density at radius 2 is 2.19 bits per heavy atom. The minimum absolute atomic E-state index is 0.0821. The molecule has 1 aromatic carbocycles. The number of carbonyl (C=O) groups is 1. The second-order valence-corrected chi connectivity index (χ2v) is 6.60. The van der Waals surface area contributed by atoms with E-state index in [1.165, 1.54) is 5.56 Å². The Morgan fingerprint density at radius 1 is 1.38 bits per heavy atom. The molecule has 0 bridgehead atoms. The number of anilines is 1. The van der Waals surface area contributed by atoms with Crippen LogP contribution in [0.4, 0.5) is 5.13 Å². The molecule has 5 nitrogen and oxygen atoms in total. The number of nitrogens with one attached hydrogen (secondary N) is 1. The van der Waals surface area contributed by atoms with E-state index in [9.17, 15) is 4.79 Å². The fourth-order valence-corrected chi connectivity index (χ4v) is 3.13. The summed E-state index contributed by atoms with van der Waals surface area (Å²) >= 11 is 1.59. The van der Waals surface area contributed by atoms with Crippen LogP contribution in [0.15, 0.2) is 24.3 Å². The van der Waals surface area contributed by atoms with Gasteiger partial charge in [0.25, 0.3) is 0 Å². The molecule has 110 valence electrons. The number of hydrogen-bond donors (Lipinski definition) is 1. The Kier molecular flexibility index (Phi) is 3.88. The van der Waals surface area contributed by atoms with Crippen LogP contribution in [-0.4, -0.2) is 35.2 Å². The molecule has 0 atom stereocenters. The molecule has 1 aromatic heterocycles. The van der Waals surface area contributed by atoms with Gasteiger partial charge in [-0.25, -0.2) is 0 Å². The third-order valence-corrected chi connectivity index (χ3v) is 4.38. The molecular weight excluding hydrogens is 284 g/mol. The van der Waals surface area contributed by atoms with Gasteiger partial charge in [-0.15, -0.1) is 10.2 Å². The van der Waals surface area contributed by atoms with Gasteiger partial charge >= 0.3 is 0 Å². The van der Waals surface area contributed by atoms with E-state index >= 15 is 0 Å². The van der Waals surface area contributed by atoms with Crippen LogP contribution in [0, 0.1) is 13.8 Å². The lowest BCUT2D eigenvalue weighted by molar-refractivity contribution is -0.121. The Morgan fingerprint density at radius 3 is 2.86 bits per heavy atom. The fourth-order valence-electron chi connectivity index (χ4n) is 2.43. The van der Waals surface area contributed by atoms with Crippen LogP contribution in [0.5, 0.6) is 0 Å². The van der Waals surface area contributed by atoms with Gasteiger partial charge in [-0.2, -0.15) is 0 Å². The molecule has 3 rings (SSSR count). The minimum atomic E-state index is 0.0821. The van der Waals surface area contributed by atoms with Crippen molar-refractivity contribution in [2.24, 2.45) is 0 Å². The molecule has 1 aliphatic heterocycles. The lowest BCUT2D eigenvalue weighted by atomic mass is 10.1. The van der Waals surface area contributed by atoms with Crippen molar-refractivity contribution < 1.29 is 4.79 Å². The summed E-state index contributed by atoms with van der Waals surface area (Å²) in [4.78, 5) is 14.2. The molecule has 0 spiro atoms. The van der Waals surface area contributed by atoms with Crippen molar-refractivity contribution in [1.29, 1.82) is 0 Å². The van der Waals surface area contributed by atoms with Crippen LogP contribution in [0.3, 0.4) is 0 Å². The summed E-state index contributed by atoms with van der Waals surface area (Å²) < 4.78 is 0. The smallest absolute Gasteiger partial charge is 0.224 e. The lowest BCUT2D eigenvalue weighted by Crippen LogP contribution is -2.59. The van der Waals surface area contributed by atoms with Crippen LogP contribution >= 0.6 is 11.3 Å². The molecule has 2 aromatic rings. The number of aromatic nitrogens is 2. The highest BCUT2D eigenvalue weighted by atomic mass is 32.1. The van der Waals surface area contributed by atoms with Crippen LogP contribution in [0.1, 0.15) is 16.1 Å². The summed E-state index contributed by atoms with van der Waals surface area (Å²) in [5.74, 6) is 0.0821. The van der Waals surface area contributed by atoms with E-state index in [-0.39, 0.29) is 11.9 Å². The fraction of sp³-hybridized carbons (Fsp3) is 0.400. The average molecular weight is 302 g/mol. The summed E-state index contributed by atoms with van der Waals surface area (Å²) in [5.41, 5.74) is 2.24. The van der Waals surface area contributed by atoms with Gasteiger partial charge in [0.1, 0.15) is 5.01 Å². The van der Waals surface area contributed by atoms with Crippen molar-refractivity contribution in [2.45, 2.75) is 26.3 Å². The predicted molar refractivity (Wildman–Crippen MR) is 83.7 cm³/mol. The first-order valence-corrected chi connectivity index (χ1v) is 7.82. The molecule has 0 radical (unpaired) electrons. The molecule has 0 unspecified atom stereocenters. The zero-order valence-corrected chi connectivity index (χ0v) is 13.0. The van der Waals surface area contributed by atoms with Crippen molar-refractivity contribution in [3.05, 3.63) is 40.4 Å². The summed E-state index contributed by atoms with van der Waals surface area (Å²) in [7, 11) is 0. The maximum Gasteiger partial charge on any atom is 0.224 e. The Bertz CT molecular complexity index is 649. The topological polar surface area (TPSA) is 58.1 Å². The van der Waals surface area contributed by atoms with Crippen LogP contribution in [-0.2, 0) is 11.2 Å². The number of carbonyl (C=O) groups excluding carboxylic acids is 1. The second-order valence-electron chi connectivity index (χ2n) is 5.44. The highest BCUT2D eigenvalue weighted by Gasteiger charge is 2.30. The first kappa shape index (κ1) is 14.0. The van der Waals surface area contributed by atoms with Crippen molar-refractivity contribution in [3.63, 3.8) is 0 Å². The average Bonchev–Trinajstić information content (AvgIpc) is 2.79. The normalized spacial score (nSPS) is 14.9. The number of nitrogens with zero attached hydrogens (tertiary/aromatic N) is 3. The van der Waals surface area contributed by atoms with Gasteiger partial charge < -0.3 is 10.2 Å². The Balaban J connectivity index is 1.47. The van der Waals surface area contributed by atoms with Crippen LogP contribution in [0.2, 0.25) is 0 Å². The zero-order valence-electron chi connectivity index (χ0n) is 12.2. The number of aryl methyl sites for hydroxylation is 2. The summed E-state index contributed by atoms with van der Waals surface area (Å²) in [6.07, 6.45) is 0.441. The summed E-state index contributed by atoms with van der Waals surface area (Å²) in [6, 6.07) is 8.28. The predicted octanol–water partition coefficient (Wildman–Crippen LogP) is 1.70. The molecule has 1 amide bonds. The second kappa shape index (κ2) is 5.81. The highest BCUT2D eigenvalue weighted by molar-refractivity contribution is 7.15. The van der Waals surface area contributed by atoms with Crippen molar-refractivity contribution in [2.75, 3.05) is 18.0 Å². The number of hydrogen-bond acceptors (Lipinski definition) is 5. The molecule has 1 N–H and O–H groups in total. The largest absolute Gasteiger partial charge is 0.350 e. The number of amides is 1. The lowest BCUT2D eigenvalue weighted by Gasteiger charge is -2.39.